The average molecular weight is 285 g/mol. The molecule has 0 aliphatic heterocycles. The molecule has 6 nitrogen and oxygen atoms in total. The molecule has 0 unspecified atom stereocenters. The number of anilines is 1. The number of benzene rings is 1. The first-order chi connectivity index (χ1) is 8.73. The van der Waals surface area contributed by atoms with E-state index in [2.05, 4.69) is 5.32 Å². The molecule has 1 aromatic carbocycles. The van der Waals surface area contributed by atoms with Crippen molar-refractivity contribution in [2.24, 2.45) is 0 Å². The van der Waals surface area contributed by atoms with Gasteiger partial charge in [-0.05, 0) is 38.1 Å². The summed E-state index contributed by atoms with van der Waals surface area (Å²) in [5, 5.41) is 2.64. The molecular formula is C12H19N3O3S. The molecule has 7 heteroatoms. The van der Waals surface area contributed by atoms with Gasteiger partial charge in [-0.1, -0.05) is 0 Å². The maximum absolute atomic E-state index is 12.2. The van der Waals surface area contributed by atoms with E-state index in [9.17, 15) is 13.2 Å². The number of carbonyl (C=O) groups is 1. The third-order valence-corrected chi connectivity index (χ3v) is 4.22. The molecule has 1 amide bonds. The summed E-state index contributed by atoms with van der Waals surface area (Å²) in [7, 11) is -2.30. The van der Waals surface area contributed by atoms with Crippen LogP contribution in [-0.4, -0.2) is 38.3 Å². The lowest BCUT2D eigenvalue weighted by Crippen LogP contribution is -2.40. The molecule has 0 saturated carbocycles. The Bertz CT molecular complexity index is 538. The Morgan fingerprint density at radius 1 is 1.32 bits per heavy atom. The van der Waals surface area contributed by atoms with E-state index < -0.39 is 10.0 Å². The second kappa shape index (κ2) is 6.03. The van der Waals surface area contributed by atoms with Crippen LogP contribution < -0.4 is 11.1 Å². The Kier molecular flexibility index (Phi) is 4.90. The Hall–Kier alpha value is -1.60. The van der Waals surface area contributed by atoms with Crippen LogP contribution in [-0.2, 0) is 14.8 Å². The highest BCUT2D eigenvalue weighted by Gasteiger charge is 2.22. The third kappa shape index (κ3) is 4.22. The first-order valence-electron chi connectivity index (χ1n) is 5.84. The highest BCUT2D eigenvalue weighted by Crippen LogP contribution is 2.15. The monoisotopic (exact) mass is 285 g/mol. The van der Waals surface area contributed by atoms with Crippen LogP contribution in [0, 0.1) is 0 Å². The van der Waals surface area contributed by atoms with Gasteiger partial charge in [0.25, 0.3) is 0 Å². The quantitative estimate of drug-likeness (QED) is 0.767. The summed E-state index contributed by atoms with van der Waals surface area (Å²) in [6.07, 6.45) is 0. The predicted molar refractivity (Wildman–Crippen MR) is 73.9 cm³/mol. The molecule has 0 spiro atoms. The number of sulfonamides is 1. The van der Waals surface area contributed by atoms with Crippen molar-refractivity contribution in [2.45, 2.75) is 24.8 Å². The number of nitrogens with two attached hydrogens (primary N) is 1. The molecule has 0 aliphatic carbocycles. The average Bonchev–Trinajstić information content (AvgIpc) is 2.28. The third-order valence-electron chi connectivity index (χ3n) is 2.40. The molecule has 106 valence electrons. The van der Waals surface area contributed by atoms with Gasteiger partial charge in [-0.3, -0.25) is 4.79 Å². The number of rotatable bonds is 5. The summed E-state index contributed by atoms with van der Waals surface area (Å²) in [6.45, 7) is 3.41. The van der Waals surface area contributed by atoms with Crippen molar-refractivity contribution in [2.75, 3.05) is 19.3 Å². The SMILES string of the molecule is CC(C)NC(=O)CN(C)S(=O)(=O)c1ccc(N)cc1. The fraction of sp³-hybridized carbons (Fsp3) is 0.417. The number of amides is 1. The van der Waals surface area contributed by atoms with E-state index in [0.29, 0.717) is 5.69 Å². The van der Waals surface area contributed by atoms with Crippen molar-refractivity contribution in [1.29, 1.82) is 0 Å². The van der Waals surface area contributed by atoms with Crippen LogP contribution in [0.2, 0.25) is 0 Å². The standard InChI is InChI=1S/C12H19N3O3S/c1-9(2)14-12(16)8-15(3)19(17,18)11-6-4-10(13)5-7-11/h4-7,9H,8,13H2,1-3H3,(H,14,16). The van der Waals surface area contributed by atoms with Crippen molar-refractivity contribution in [1.82, 2.24) is 9.62 Å². The number of likely N-dealkylation sites (N-methyl/N-ethyl adjacent to an activating group) is 1. The van der Waals surface area contributed by atoms with Gasteiger partial charge in [0.05, 0.1) is 11.4 Å². The first-order valence-corrected chi connectivity index (χ1v) is 7.28. The first kappa shape index (κ1) is 15.5. The van der Waals surface area contributed by atoms with E-state index >= 15 is 0 Å². The fourth-order valence-corrected chi connectivity index (χ4v) is 2.60. The van der Waals surface area contributed by atoms with Crippen molar-refractivity contribution in [3.63, 3.8) is 0 Å². The minimum Gasteiger partial charge on any atom is -0.399 e. The summed E-state index contributed by atoms with van der Waals surface area (Å²) in [5.74, 6) is -0.337. The maximum Gasteiger partial charge on any atom is 0.243 e. The van der Waals surface area contributed by atoms with Crippen LogP contribution >= 0.6 is 0 Å². The van der Waals surface area contributed by atoms with Crippen molar-refractivity contribution in [3.05, 3.63) is 24.3 Å². The molecule has 0 radical (unpaired) electrons. The van der Waals surface area contributed by atoms with Crippen LogP contribution in [0.4, 0.5) is 5.69 Å². The molecule has 0 bridgehead atoms. The largest absolute Gasteiger partial charge is 0.399 e. The van der Waals surface area contributed by atoms with E-state index in [1.54, 1.807) is 0 Å². The number of hydrogen-bond acceptors (Lipinski definition) is 4. The normalized spacial score (nSPS) is 11.8. The van der Waals surface area contributed by atoms with Gasteiger partial charge in [0, 0.05) is 18.8 Å². The molecule has 0 saturated heterocycles. The van der Waals surface area contributed by atoms with Crippen molar-refractivity contribution < 1.29 is 13.2 Å². The van der Waals surface area contributed by atoms with Gasteiger partial charge in [-0.15, -0.1) is 0 Å². The summed E-state index contributed by atoms with van der Waals surface area (Å²) in [6, 6.07) is 5.83. The molecule has 1 aromatic rings. The van der Waals surface area contributed by atoms with Gasteiger partial charge in [0.2, 0.25) is 15.9 Å². The zero-order valence-electron chi connectivity index (χ0n) is 11.3. The Labute approximate surface area is 113 Å². The molecular weight excluding hydrogens is 266 g/mol. The van der Waals surface area contributed by atoms with Crippen LogP contribution in [0.15, 0.2) is 29.2 Å². The van der Waals surface area contributed by atoms with Crippen LogP contribution in [0.25, 0.3) is 0 Å². The summed E-state index contributed by atoms with van der Waals surface area (Å²) in [4.78, 5) is 11.7. The molecule has 0 aliphatic rings. The number of nitrogens with one attached hydrogen (secondary N) is 1. The van der Waals surface area contributed by atoms with Crippen LogP contribution in [0.3, 0.4) is 0 Å². The molecule has 19 heavy (non-hydrogen) atoms. The van der Waals surface area contributed by atoms with E-state index in [1.165, 1.54) is 31.3 Å². The predicted octanol–water partition coefficient (Wildman–Crippen LogP) is 0.414. The topological polar surface area (TPSA) is 92.5 Å². The molecule has 1 rings (SSSR count). The smallest absolute Gasteiger partial charge is 0.243 e. The molecule has 0 fully saturated rings. The zero-order valence-corrected chi connectivity index (χ0v) is 12.1. The number of hydrogen-bond donors (Lipinski definition) is 2. The minimum atomic E-state index is -3.67. The zero-order chi connectivity index (χ0) is 14.6. The van der Waals surface area contributed by atoms with E-state index in [1.807, 2.05) is 13.8 Å². The van der Waals surface area contributed by atoms with E-state index in [0.717, 1.165) is 4.31 Å². The van der Waals surface area contributed by atoms with E-state index in [-0.39, 0.29) is 23.4 Å². The molecule has 0 aromatic heterocycles. The Balaban J connectivity index is 2.83. The number of nitrogen functional groups attached to an aromatic ring is 1. The highest BCUT2D eigenvalue weighted by molar-refractivity contribution is 7.89. The van der Waals surface area contributed by atoms with Gasteiger partial charge in [-0.25, -0.2) is 8.42 Å². The second-order valence-corrected chi connectivity index (χ2v) is 6.60. The molecule has 0 heterocycles. The van der Waals surface area contributed by atoms with Gasteiger partial charge in [0.1, 0.15) is 0 Å². The van der Waals surface area contributed by atoms with Gasteiger partial charge < -0.3 is 11.1 Å². The number of nitrogens with zero attached hydrogens (tertiary/aromatic N) is 1. The lowest BCUT2D eigenvalue weighted by molar-refractivity contribution is -0.121. The molecule has 3 N–H and O–H groups in total. The van der Waals surface area contributed by atoms with Crippen molar-refractivity contribution in [3.8, 4) is 0 Å². The van der Waals surface area contributed by atoms with Crippen LogP contribution in [0.5, 0.6) is 0 Å². The van der Waals surface area contributed by atoms with Gasteiger partial charge >= 0.3 is 0 Å². The lowest BCUT2D eigenvalue weighted by atomic mass is 10.3. The second-order valence-electron chi connectivity index (χ2n) is 4.55. The number of carbonyl (C=O) groups excluding carboxylic acids is 1. The highest BCUT2D eigenvalue weighted by atomic mass is 32.2. The summed E-state index contributed by atoms with van der Waals surface area (Å²) < 4.78 is 25.3. The Morgan fingerprint density at radius 2 is 1.84 bits per heavy atom. The minimum absolute atomic E-state index is 0.0277. The molecule has 0 atom stereocenters. The summed E-state index contributed by atoms with van der Waals surface area (Å²) in [5.41, 5.74) is 5.99. The van der Waals surface area contributed by atoms with E-state index in [4.69, 9.17) is 5.73 Å². The Morgan fingerprint density at radius 3 is 2.32 bits per heavy atom. The summed E-state index contributed by atoms with van der Waals surface area (Å²) >= 11 is 0. The lowest BCUT2D eigenvalue weighted by Gasteiger charge is -2.17. The maximum atomic E-state index is 12.2. The van der Waals surface area contributed by atoms with Gasteiger partial charge in [-0.2, -0.15) is 4.31 Å². The van der Waals surface area contributed by atoms with Crippen molar-refractivity contribution >= 4 is 21.6 Å². The van der Waals surface area contributed by atoms with Crippen LogP contribution in [0.1, 0.15) is 13.8 Å². The fourth-order valence-electron chi connectivity index (χ4n) is 1.47. The van der Waals surface area contributed by atoms with Gasteiger partial charge in [0.15, 0.2) is 0 Å².